The molecule has 0 aliphatic rings. The molecule has 0 aromatic carbocycles. The summed E-state index contributed by atoms with van der Waals surface area (Å²) < 4.78 is 4.59. The van der Waals surface area contributed by atoms with Crippen molar-refractivity contribution in [3.8, 4) is 11.8 Å². The van der Waals surface area contributed by atoms with Crippen LogP contribution in [0.2, 0.25) is 0 Å². The summed E-state index contributed by atoms with van der Waals surface area (Å²) in [6.45, 7) is 3.70. The van der Waals surface area contributed by atoms with E-state index >= 15 is 0 Å². The molecule has 0 saturated heterocycles. The van der Waals surface area contributed by atoms with Gasteiger partial charge in [0.2, 0.25) is 0 Å². The molecule has 0 aliphatic carbocycles. The number of ether oxygens (including phenoxy) is 1. The predicted octanol–water partition coefficient (Wildman–Crippen LogP) is 4.81. The van der Waals surface area contributed by atoms with Gasteiger partial charge in [0.15, 0.2) is 0 Å². The van der Waals surface area contributed by atoms with Crippen LogP contribution < -0.4 is 0 Å². The molecule has 0 N–H and O–H groups in total. The van der Waals surface area contributed by atoms with Crippen LogP contribution in [0.3, 0.4) is 0 Å². The largest absolute Gasteiger partial charge is 0.469 e. The molecule has 0 aliphatic heterocycles. The zero-order chi connectivity index (χ0) is 14.9. The molecule has 0 amide bonds. The number of hydrogen-bond acceptors (Lipinski definition) is 2. The second-order valence-electron chi connectivity index (χ2n) is 4.79. The zero-order valence-electron chi connectivity index (χ0n) is 12.8. The molecule has 2 heteroatoms. The minimum atomic E-state index is -0.108. The summed E-state index contributed by atoms with van der Waals surface area (Å²) in [5, 5.41) is 0. The van der Waals surface area contributed by atoms with E-state index in [9.17, 15) is 4.79 Å². The molecule has 0 aromatic rings. The summed E-state index contributed by atoms with van der Waals surface area (Å²) in [6, 6.07) is 0. The number of carbonyl (C=O) groups is 1. The molecule has 0 unspecified atom stereocenters. The second kappa shape index (κ2) is 15.6. The number of unbranched alkanes of at least 4 members (excludes halogenated alkanes) is 7. The van der Waals surface area contributed by atoms with Crippen LogP contribution >= 0.6 is 0 Å². The first-order chi connectivity index (χ1) is 9.81. The summed E-state index contributed by atoms with van der Waals surface area (Å²) in [5.74, 6) is 6.12. The monoisotopic (exact) mass is 276 g/mol. The topological polar surface area (TPSA) is 26.3 Å². The van der Waals surface area contributed by atoms with E-state index in [0.29, 0.717) is 6.42 Å². The van der Waals surface area contributed by atoms with Crippen LogP contribution in [0.5, 0.6) is 0 Å². The van der Waals surface area contributed by atoms with E-state index < -0.39 is 0 Å². The van der Waals surface area contributed by atoms with Crippen molar-refractivity contribution in [2.45, 2.75) is 64.2 Å². The van der Waals surface area contributed by atoms with Gasteiger partial charge in [-0.05, 0) is 44.6 Å². The highest BCUT2D eigenvalue weighted by molar-refractivity contribution is 5.68. The van der Waals surface area contributed by atoms with E-state index in [0.717, 1.165) is 44.9 Å². The lowest BCUT2D eigenvalue weighted by atomic mass is 10.1. The fraction of sp³-hybridized carbons (Fsp3) is 0.611. The highest BCUT2D eigenvalue weighted by atomic mass is 16.5. The summed E-state index contributed by atoms with van der Waals surface area (Å²) >= 11 is 0. The van der Waals surface area contributed by atoms with Gasteiger partial charge in [-0.2, -0.15) is 0 Å². The molecule has 20 heavy (non-hydrogen) atoms. The fourth-order valence-electron chi connectivity index (χ4n) is 1.76. The second-order valence-corrected chi connectivity index (χ2v) is 4.79. The Morgan fingerprint density at radius 3 is 2.60 bits per heavy atom. The van der Waals surface area contributed by atoms with Crippen LogP contribution in [-0.2, 0) is 9.53 Å². The highest BCUT2D eigenvalue weighted by Gasteiger charge is 1.98. The summed E-state index contributed by atoms with van der Waals surface area (Å²) in [4.78, 5) is 10.9. The van der Waals surface area contributed by atoms with E-state index in [1.165, 1.54) is 20.0 Å². The molecule has 0 heterocycles. The van der Waals surface area contributed by atoms with E-state index in [1.54, 1.807) is 0 Å². The van der Waals surface area contributed by atoms with Gasteiger partial charge < -0.3 is 4.74 Å². The average Bonchev–Trinajstić information content (AvgIpc) is 2.47. The Balaban J connectivity index is 3.30. The first-order valence-corrected chi connectivity index (χ1v) is 7.62. The number of hydrogen-bond donors (Lipinski definition) is 0. The van der Waals surface area contributed by atoms with Crippen molar-refractivity contribution in [2.24, 2.45) is 0 Å². The Morgan fingerprint density at radius 2 is 1.85 bits per heavy atom. The number of allylic oxidation sites excluding steroid dienone is 3. The summed E-state index contributed by atoms with van der Waals surface area (Å²) in [5.41, 5.74) is 0. The van der Waals surface area contributed by atoms with E-state index in [2.05, 4.69) is 29.2 Å². The molecule has 0 rings (SSSR count). The standard InChI is InChI=1S/C18H28O2/c1-3-4-5-6-7-8-9-10-11-12-13-14-15-16-17-18(19)20-2/h3,8-9H,1,4-7,12-17H2,2H3. The lowest BCUT2D eigenvalue weighted by molar-refractivity contribution is -0.140. The quantitative estimate of drug-likeness (QED) is 0.234. The number of carbonyl (C=O) groups excluding carboxylic acids is 1. The molecule has 0 aromatic heterocycles. The third kappa shape index (κ3) is 14.6. The minimum absolute atomic E-state index is 0.108. The number of methoxy groups -OCH3 is 1. The molecule has 0 spiro atoms. The van der Waals surface area contributed by atoms with Gasteiger partial charge in [-0.15, -0.1) is 6.58 Å². The lowest BCUT2D eigenvalue weighted by Gasteiger charge is -1.98. The van der Waals surface area contributed by atoms with E-state index in [1.807, 2.05) is 12.2 Å². The van der Waals surface area contributed by atoms with Crippen molar-refractivity contribution in [2.75, 3.05) is 7.11 Å². The van der Waals surface area contributed by atoms with E-state index in [4.69, 9.17) is 0 Å². The molecule has 0 radical (unpaired) electrons. The Kier molecular flexibility index (Phi) is 14.4. The van der Waals surface area contributed by atoms with Crippen molar-refractivity contribution < 1.29 is 9.53 Å². The van der Waals surface area contributed by atoms with Crippen molar-refractivity contribution >= 4 is 5.97 Å². The van der Waals surface area contributed by atoms with Crippen molar-refractivity contribution in [1.29, 1.82) is 0 Å². The Morgan fingerprint density at radius 1 is 1.10 bits per heavy atom. The first-order valence-electron chi connectivity index (χ1n) is 7.62. The molecule has 0 bridgehead atoms. The Bertz CT molecular complexity index is 331. The van der Waals surface area contributed by atoms with Gasteiger partial charge >= 0.3 is 5.97 Å². The lowest BCUT2D eigenvalue weighted by Crippen LogP contribution is -1.98. The summed E-state index contributed by atoms with van der Waals surface area (Å²) in [7, 11) is 1.44. The van der Waals surface area contributed by atoms with Gasteiger partial charge in [0, 0.05) is 12.8 Å². The third-order valence-corrected chi connectivity index (χ3v) is 2.99. The Labute approximate surface area is 124 Å². The normalized spacial score (nSPS) is 10.1. The minimum Gasteiger partial charge on any atom is -0.469 e. The van der Waals surface area contributed by atoms with Gasteiger partial charge in [-0.3, -0.25) is 4.79 Å². The Hall–Kier alpha value is -1.49. The number of esters is 1. The van der Waals surface area contributed by atoms with Gasteiger partial charge in [0.05, 0.1) is 7.11 Å². The first kappa shape index (κ1) is 18.5. The smallest absolute Gasteiger partial charge is 0.305 e. The van der Waals surface area contributed by atoms with Crippen LogP contribution in [0.15, 0.2) is 24.8 Å². The van der Waals surface area contributed by atoms with Crippen LogP contribution in [0.1, 0.15) is 64.2 Å². The summed E-state index contributed by atoms with van der Waals surface area (Å²) in [6.07, 6.45) is 16.4. The van der Waals surface area contributed by atoms with Crippen LogP contribution in [0, 0.1) is 11.8 Å². The molecule has 112 valence electrons. The van der Waals surface area contributed by atoms with Gasteiger partial charge in [-0.25, -0.2) is 0 Å². The number of rotatable bonds is 11. The molecular formula is C18H28O2. The average molecular weight is 276 g/mol. The van der Waals surface area contributed by atoms with Crippen LogP contribution in [-0.4, -0.2) is 13.1 Å². The molecule has 2 nitrogen and oxygen atoms in total. The van der Waals surface area contributed by atoms with Gasteiger partial charge in [0.1, 0.15) is 0 Å². The maximum atomic E-state index is 10.9. The SMILES string of the molecule is C=CCCCCC=CC#CCCCCCCC(=O)OC. The van der Waals surface area contributed by atoms with Crippen molar-refractivity contribution in [3.05, 3.63) is 24.8 Å². The maximum absolute atomic E-state index is 10.9. The van der Waals surface area contributed by atoms with Gasteiger partial charge in [-0.1, -0.05) is 36.8 Å². The fourth-order valence-corrected chi connectivity index (χ4v) is 1.76. The molecule has 0 atom stereocenters. The van der Waals surface area contributed by atoms with Gasteiger partial charge in [0.25, 0.3) is 0 Å². The molecular weight excluding hydrogens is 248 g/mol. The highest BCUT2D eigenvalue weighted by Crippen LogP contribution is 2.05. The van der Waals surface area contributed by atoms with Crippen LogP contribution in [0.4, 0.5) is 0 Å². The maximum Gasteiger partial charge on any atom is 0.305 e. The molecule has 0 fully saturated rings. The predicted molar refractivity (Wildman–Crippen MR) is 85.3 cm³/mol. The van der Waals surface area contributed by atoms with Crippen molar-refractivity contribution in [3.63, 3.8) is 0 Å². The third-order valence-electron chi connectivity index (χ3n) is 2.99. The van der Waals surface area contributed by atoms with E-state index in [-0.39, 0.29) is 5.97 Å². The van der Waals surface area contributed by atoms with Crippen molar-refractivity contribution in [1.82, 2.24) is 0 Å². The zero-order valence-corrected chi connectivity index (χ0v) is 12.8. The van der Waals surface area contributed by atoms with Crippen LogP contribution in [0.25, 0.3) is 0 Å². The molecule has 0 saturated carbocycles.